The van der Waals surface area contributed by atoms with Crippen LogP contribution in [-0.2, 0) is 4.79 Å². The van der Waals surface area contributed by atoms with E-state index in [9.17, 15) is 4.79 Å². The zero-order valence-electron chi connectivity index (χ0n) is 13.7. The van der Waals surface area contributed by atoms with Crippen LogP contribution in [0, 0.1) is 0 Å². The van der Waals surface area contributed by atoms with Crippen molar-refractivity contribution in [3.05, 3.63) is 23.2 Å². The van der Waals surface area contributed by atoms with E-state index in [1.165, 1.54) is 32.0 Å². The number of anilines is 3. The average Bonchev–Trinajstić information content (AvgIpc) is 2.54. The van der Waals surface area contributed by atoms with E-state index in [1.807, 2.05) is 0 Å². The van der Waals surface area contributed by atoms with E-state index in [4.69, 9.17) is 32.5 Å². The van der Waals surface area contributed by atoms with Crippen molar-refractivity contribution in [1.29, 1.82) is 0 Å². The average molecular weight is 384 g/mol. The van der Waals surface area contributed by atoms with Gasteiger partial charge in [-0.1, -0.05) is 23.4 Å². The Morgan fingerprint density at radius 2 is 1.80 bits per heavy atom. The van der Waals surface area contributed by atoms with Gasteiger partial charge in [0, 0.05) is 24.3 Å². The largest absolute Gasteiger partial charge is 0.495 e. The van der Waals surface area contributed by atoms with Crippen molar-refractivity contribution >= 4 is 46.6 Å². The van der Waals surface area contributed by atoms with Crippen LogP contribution in [0.2, 0.25) is 5.02 Å². The van der Waals surface area contributed by atoms with Gasteiger partial charge in [0.2, 0.25) is 5.91 Å². The van der Waals surface area contributed by atoms with Gasteiger partial charge in [0.15, 0.2) is 5.16 Å². The summed E-state index contributed by atoms with van der Waals surface area (Å²) in [5.74, 6) is 1.75. The maximum Gasteiger partial charge on any atom is 0.225 e. The number of thioether (sulfide) groups is 1. The maximum absolute atomic E-state index is 12.1. The number of carbonyl (C=O) groups excluding carboxylic acids is 1. The molecule has 1 heterocycles. The van der Waals surface area contributed by atoms with Crippen LogP contribution in [-0.4, -0.2) is 35.8 Å². The first-order valence-corrected chi connectivity index (χ1v) is 8.53. The Morgan fingerprint density at radius 3 is 2.40 bits per heavy atom. The molecule has 0 aliphatic rings. The zero-order chi connectivity index (χ0) is 18.4. The fourth-order valence-electron chi connectivity index (χ4n) is 1.93. The van der Waals surface area contributed by atoms with Crippen LogP contribution in [0.4, 0.5) is 17.3 Å². The standard InChI is InChI=1S/C15H18ClN5O3S/c1-23-10-6-11(24-2)9(5-8(10)16)19-14(22)3-4-25-15-20-12(17)7-13(18)21-15/h5-7H,3-4H2,1-2H3,(H,19,22)(H4,17,18,20,21). The Bertz CT molecular complexity index is 755. The predicted molar refractivity (Wildman–Crippen MR) is 99.4 cm³/mol. The van der Waals surface area contributed by atoms with E-state index in [0.29, 0.717) is 33.1 Å². The molecule has 1 amide bonds. The van der Waals surface area contributed by atoms with E-state index >= 15 is 0 Å². The minimum absolute atomic E-state index is 0.205. The lowest BCUT2D eigenvalue weighted by Crippen LogP contribution is -2.13. The van der Waals surface area contributed by atoms with Crippen molar-refractivity contribution in [2.75, 3.05) is 36.8 Å². The van der Waals surface area contributed by atoms with Crippen LogP contribution < -0.4 is 26.3 Å². The van der Waals surface area contributed by atoms with Crippen molar-refractivity contribution in [3.63, 3.8) is 0 Å². The quantitative estimate of drug-likeness (QED) is 0.491. The third kappa shape index (κ3) is 5.30. The number of ether oxygens (including phenoxy) is 2. The van der Waals surface area contributed by atoms with E-state index < -0.39 is 0 Å². The Labute approximate surface area is 154 Å². The number of rotatable bonds is 7. The van der Waals surface area contributed by atoms with Gasteiger partial charge in [0.25, 0.3) is 0 Å². The Morgan fingerprint density at radius 1 is 1.16 bits per heavy atom. The molecule has 1 aromatic carbocycles. The summed E-state index contributed by atoms with van der Waals surface area (Å²) in [6.07, 6.45) is 0.232. The molecule has 0 saturated carbocycles. The minimum Gasteiger partial charge on any atom is -0.495 e. The van der Waals surface area contributed by atoms with Crippen molar-refractivity contribution in [1.82, 2.24) is 9.97 Å². The topological polar surface area (TPSA) is 125 Å². The first kappa shape index (κ1) is 18.9. The molecule has 0 unspecified atom stereocenters. The smallest absolute Gasteiger partial charge is 0.225 e. The molecule has 2 rings (SSSR count). The number of halogens is 1. The van der Waals surface area contributed by atoms with Gasteiger partial charge in [-0.15, -0.1) is 0 Å². The molecule has 0 bridgehead atoms. The molecular weight excluding hydrogens is 366 g/mol. The van der Waals surface area contributed by atoms with E-state index in [1.54, 1.807) is 12.1 Å². The van der Waals surface area contributed by atoms with Crippen molar-refractivity contribution in [3.8, 4) is 11.5 Å². The third-order valence-corrected chi connectivity index (χ3v) is 4.20. The lowest BCUT2D eigenvalue weighted by Gasteiger charge is -2.13. The molecule has 1 aromatic heterocycles. The lowest BCUT2D eigenvalue weighted by atomic mass is 10.2. The molecule has 0 aliphatic heterocycles. The van der Waals surface area contributed by atoms with Gasteiger partial charge in [-0.05, 0) is 6.07 Å². The second kappa shape index (κ2) is 8.63. The number of nitrogen functional groups attached to an aromatic ring is 2. The highest BCUT2D eigenvalue weighted by Gasteiger charge is 2.13. The molecule has 0 atom stereocenters. The van der Waals surface area contributed by atoms with Crippen LogP contribution in [0.15, 0.2) is 23.4 Å². The fourth-order valence-corrected chi connectivity index (χ4v) is 2.98. The van der Waals surface area contributed by atoms with Gasteiger partial charge in [-0.25, -0.2) is 9.97 Å². The summed E-state index contributed by atoms with van der Waals surface area (Å²) < 4.78 is 10.4. The van der Waals surface area contributed by atoms with Gasteiger partial charge < -0.3 is 26.3 Å². The zero-order valence-corrected chi connectivity index (χ0v) is 15.3. The summed E-state index contributed by atoms with van der Waals surface area (Å²) in [5, 5.41) is 3.55. The molecule has 134 valence electrons. The molecular formula is C15H18ClN5O3S. The summed E-state index contributed by atoms with van der Waals surface area (Å²) in [4.78, 5) is 20.2. The molecule has 0 saturated heterocycles. The van der Waals surface area contributed by atoms with Crippen LogP contribution in [0.1, 0.15) is 6.42 Å². The van der Waals surface area contributed by atoms with Gasteiger partial charge >= 0.3 is 0 Å². The molecule has 10 heteroatoms. The number of carbonyl (C=O) groups is 1. The Kier molecular flexibility index (Phi) is 6.54. The molecule has 0 radical (unpaired) electrons. The Hall–Kier alpha value is -2.39. The number of methoxy groups -OCH3 is 2. The number of nitrogens with one attached hydrogen (secondary N) is 1. The van der Waals surface area contributed by atoms with Crippen LogP contribution in [0.25, 0.3) is 0 Å². The molecule has 2 aromatic rings. The van der Waals surface area contributed by atoms with Gasteiger partial charge in [0.1, 0.15) is 23.1 Å². The number of benzene rings is 1. The second-order valence-electron chi connectivity index (χ2n) is 4.83. The second-order valence-corrected chi connectivity index (χ2v) is 6.30. The van der Waals surface area contributed by atoms with Crippen molar-refractivity contribution < 1.29 is 14.3 Å². The highest BCUT2D eigenvalue weighted by Crippen LogP contribution is 2.36. The van der Waals surface area contributed by atoms with Crippen LogP contribution >= 0.6 is 23.4 Å². The number of nitrogens with two attached hydrogens (primary N) is 2. The predicted octanol–water partition coefficient (Wildman–Crippen LogP) is 2.43. The molecule has 25 heavy (non-hydrogen) atoms. The number of amides is 1. The highest BCUT2D eigenvalue weighted by atomic mass is 35.5. The van der Waals surface area contributed by atoms with Crippen molar-refractivity contribution in [2.45, 2.75) is 11.6 Å². The van der Waals surface area contributed by atoms with E-state index in [-0.39, 0.29) is 24.0 Å². The lowest BCUT2D eigenvalue weighted by molar-refractivity contribution is -0.115. The molecule has 8 nitrogen and oxygen atoms in total. The summed E-state index contributed by atoms with van der Waals surface area (Å²) in [6.45, 7) is 0. The number of nitrogens with zero attached hydrogens (tertiary/aromatic N) is 2. The number of hydrogen-bond acceptors (Lipinski definition) is 8. The third-order valence-electron chi connectivity index (χ3n) is 3.05. The summed E-state index contributed by atoms with van der Waals surface area (Å²) in [5.41, 5.74) is 11.7. The van der Waals surface area contributed by atoms with Gasteiger partial charge in [-0.3, -0.25) is 4.79 Å². The monoisotopic (exact) mass is 383 g/mol. The minimum atomic E-state index is -0.205. The van der Waals surface area contributed by atoms with Gasteiger partial charge in [-0.2, -0.15) is 0 Å². The SMILES string of the molecule is COc1cc(OC)c(NC(=O)CCSc2nc(N)cc(N)n2)cc1Cl. The molecule has 5 N–H and O–H groups in total. The number of aromatic nitrogens is 2. The van der Waals surface area contributed by atoms with E-state index in [2.05, 4.69) is 15.3 Å². The Balaban J connectivity index is 1.95. The number of hydrogen-bond donors (Lipinski definition) is 3. The fraction of sp³-hybridized carbons (Fsp3) is 0.267. The normalized spacial score (nSPS) is 10.4. The first-order valence-electron chi connectivity index (χ1n) is 7.17. The van der Waals surface area contributed by atoms with E-state index in [0.717, 1.165) is 0 Å². The maximum atomic E-state index is 12.1. The summed E-state index contributed by atoms with van der Waals surface area (Å²) in [6, 6.07) is 4.65. The first-order chi connectivity index (χ1) is 11.9. The summed E-state index contributed by atoms with van der Waals surface area (Å²) in [7, 11) is 3.00. The molecule has 0 aliphatic carbocycles. The molecule has 0 spiro atoms. The molecule has 0 fully saturated rings. The van der Waals surface area contributed by atoms with Crippen molar-refractivity contribution in [2.24, 2.45) is 0 Å². The van der Waals surface area contributed by atoms with Crippen LogP contribution in [0.5, 0.6) is 11.5 Å². The summed E-state index contributed by atoms with van der Waals surface area (Å²) >= 11 is 7.37. The van der Waals surface area contributed by atoms with Crippen LogP contribution in [0.3, 0.4) is 0 Å². The highest BCUT2D eigenvalue weighted by molar-refractivity contribution is 7.99. The van der Waals surface area contributed by atoms with Gasteiger partial charge in [0.05, 0.1) is 24.9 Å².